The van der Waals surface area contributed by atoms with E-state index in [1.807, 2.05) is 36.4 Å². The molecule has 1 heterocycles. The second kappa shape index (κ2) is 9.03. The Balaban J connectivity index is 1.40. The Hall–Kier alpha value is -3.72. The third-order valence-electron chi connectivity index (χ3n) is 5.74. The van der Waals surface area contributed by atoms with E-state index in [2.05, 4.69) is 21.8 Å². The molecular formula is C24H23N3O5S. The Morgan fingerprint density at radius 2 is 1.70 bits per heavy atom. The Kier molecular flexibility index (Phi) is 6.15. The van der Waals surface area contributed by atoms with E-state index >= 15 is 0 Å². The third kappa shape index (κ3) is 4.19. The Labute approximate surface area is 195 Å². The Morgan fingerprint density at radius 3 is 2.27 bits per heavy atom. The summed E-state index contributed by atoms with van der Waals surface area (Å²) < 4.78 is 9.51. The lowest BCUT2D eigenvalue weighted by molar-refractivity contribution is -0.119. The van der Waals surface area contributed by atoms with E-state index in [1.54, 1.807) is 6.92 Å². The fourth-order valence-electron chi connectivity index (χ4n) is 4.10. The van der Waals surface area contributed by atoms with Crippen molar-refractivity contribution in [2.75, 3.05) is 18.6 Å². The maximum Gasteiger partial charge on any atom is 0.407 e. The van der Waals surface area contributed by atoms with Crippen molar-refractivity contribution in [2.45, 2.75) is 25.8 Å². The second-order valence-electron chi connectivity index (χ2n) is 7.84. The molecular weight excluding hydrogens is 442 g/mol. The van der Waals surface area contributed by atoms with Crippen molar-refractivity contribution in [3.63, 3.8) is 0 Å². The number of hydrogen-bond acceptors (Lipinski definition) is 6. The summed E-state index contributed by atoms with van der Waals surface area (Å²) in [5.41, 5.74) is 4.75. The molecule has 0 saturated carbocycles. The van der Waals surface area contributed by atoms with Crippen molar-refractivity contribution in [3.8, 4) is 11.1 Å². The number of aromatic nitrogens is 1. The average Bonchev–Trinajstić information content (AvgIpc) is 3.34. The summed E-state index contributed by atoms with van der Waals surface area (Å²) >= 11 is 0.922. The van der Waals surface area contributed by atoms with Gasteiger partial charge in [0.2, 0.25) is 5.91 Å². The first-order chi connectivity index (χ1) is 15.8. The summed E-state index contributed by atoms with van der Waals surface area (Å²) in [7, 11) is 1.46. The number of nitrogens with one attached hydrogen (secondary N) is 1. The summed E-state index contributed by atoms with van der Waals surface area (Å²) in [6.45, 7) is 3.22. The van der Waals surface area contributed by atoms with Crippen LogP contribution >= 0.6 is 11.5 Å². The zero-order valence-electron chi connectivity index (χ0n) is 18.4. The number of carbonyl (C=O) groups is 3. The first-order valence-electron chi connectivity index (χ1n) is 10.4. The quantitative estimate of drug-likeness (QED) is 0.569. The smallest absolute Gasteiger partial charge is 0.407 e. The van der Waals surface area contributed by atoms with E-state index in [-0.39, 0.29) is 23.1 Å². The predicted molar refractivity (Wildman–Crippen MR) is 125 cm³/mol. The molecule has 2 N–H and O–H groups in total. The van der Waals surface area contributed by atoms with Gasteiger partial charge < -0.3 is 20.1 Å². The number of aromatic carboxylic acids is 1. The number of benzene rings is 2. The number of carbonyl (C=O) groups excluding carboxylic acids is 2. The highest BCUT2D eigenvalue weighted by atomic mass is 32.1. The topological polar surface area (TPSA) is 109 Å². The number of anilines is 1. The molecule has 0 radical (unpaired) electrons. The molecule has 0 spiro atoms. The van der Waals surface area contributed by atoms with Crippen molar-refractivity contribution in [1.29, 1.82) is 0 Å². The number of hydrogen-bond donors (Lipinski definition) is 2. The van der Waals surface area contributed by atoms with Crippen molar-refractivity contribution >= 4 is 34.5 Å². The number of ether oxygens (including phenoxy) is 1. The molecule has 2 amide bonds. The lowest BCUT2D eigenvalue weighted by atomic mass is 9.98. The molecule has 1 aromatic heterocycles. The number of fused-ring (bicyclic) bond motifs is 3. The summed E-state index contributed by atoms with van der Waals surface area (Å²) in [6.07, 6.45) is -0.718. The van der Waals surface area contributed by atoms with Crippen LogP contribution in [0.2, 0.25) is 0 Å². The van der Waals surface area contributed by atoms with E-state index < -0.39 is 24.0 Å². The van der Waals surface area contributed by atoms with Crippen molar-refractivity contribution in [1.82, 2.24) is 9.69 Å². The molecule has 0 fully saturated rings. The minimum atomic E-state index is -1.16. The maximum absolute atomic E-state index is 12.8. The minimum Gasteiger partial charge on any atom is -0.478 e. The predicted octanol–water partition coefficient (Wildman–Crippen LogP) is 4.04. The van der Waals surface area contributed by atoms with Gasteiger partial charge in [0.1, 0.15) is 23.2 Å². The normalized spacial score (nSPS) is 13.1. The van der Waals surface area contributed by atoms with E-state index in [1.165, 1.54) is 18.9 Å². The lowest BCUT2D eigenvalue weighted by Crippen LogP contribution is -2.46. The minimum absolute atomic E-state index is 0.0239. The molecule has 4 rings (SSSR count). The molecule has 1 atom stereocenters. The van der Waals surface area contributed by atoms with Crippen LogP contribution in [-0.2, 0) is 9.53 Å². The first-order valence-corrected chi connectivity index (χ1v) is 11.2. The van der Waals surface area contributed by atoms with Gasteiger partial charge in [0.25, 0.3) is 0 Å². The van der Waals surface area contributed by atoms with Crippen LogP contribution in [0.3, 0.4) is 0 Å². The van der Waals surface area contributed by atoms with Gasteiger partial charge in [-0.1, -0.05) is 48.5 Å². The second-order valence-corrected chi connectivity index (χ2v) is 8.59. The van der Waals surface area contributed by atoms with Gasteiger partial charge >= 0.3 is 12.1 Å². The monoisotopic (exact) mass is 465 g/mol. The molecule has 0 bridgehead atoms. The van der Waals surface area contributed by atoms with Gasteiger partial charge in [0.05, 0.1) is 5.69 Å². The summed E-state index contributed by atoms with van der Waals surface area (Å²) in [6, 6.07) is 15.1. The highest BCUT2D eigenvalue weighted by molar-refractivity contribution is 7.11. The number of aryl methyl sites for hydroxylation is 1. The molecule has 3 aromatic rings. The van der Waals surface area contributed by atoms with E-state index in [0.29, 0.717) is 5.69 Å². The van der Waals surface area contributed by atoms with E-state index in [0.717, 1.165) is 33.8 Å². The Morgan fingerprint density at radius 1 is 1.12 bits per heavy atom. The van der Waals surface area contributed by atoms with Gasteiger partial charge in [-0.15, -0.1) is 0 Å². The Bertz CT molecular complexity index is 1190. The van der Waals surface area contributed by atoms with Crippen LogP contribution in [-0.4, -0.2) is 47.1 Å². The highest BCUT2D eigenvalue weighted by Gasteiger charge is 2.30. The molecule has 8 nitrogen and oxygen atoms in total. The van der Waals surface area contributed by atoms with Gasteiger partial charge in [0.15, 0.2) is 0 Å². The zero-order valence-corrected chi connectivity index (χ0v) is 19.2. The van der Waals surface area contributed by atoms with Crippen LogP contribution in [0, 0.1) is 6.92 Å². The van der Waals surface area contributed by atoms with E-state index in [9.17, 15) is 19.5 Å². The van der Waals surface area contributed by atoms with Crippen LogP contribution in [0.1, 0.15) is 40.0 Å². The number of nitrogens with zero attached hydrogens (tertiary/aromatic N) is 2. The molecule has 0 saturated heterocycles. The van der Waals surface area contributed by atoms with Crippen LogP contribution in [0.15, 0.2) is 48.5 Å². The van der Waals surface area contributed by atoms with Gasteiger partial charge in [0, 0.05) is 13.0 Å². The van der Waals surface area contributed by atoms with Gasteiger partial charge in [-0.05, 0) is 47.6 Å². The van der Waals surface area contributed by atoms with Crippen molar-refractivity contribution < 1.29 is 24.2 Å². The van der Waals surface area contributed by atoms with Gasteiger partial charge in [-0.2, -0.15) is 4.37 Å². The van der Waals surface area contributed by atoms with Crippen LogP contribution in [0.25, 0.3) is 11.1 Å². The maximum atomic E-state index is 12.8. The number of alkyl carbamates (subject to hydrolysis) is 1. The fourth-order valence-corrected chi connectivity index (χ4v) is 4.96. The summed E-state index contributed by atoms with van der Waals surface area (Å²) in [4.78, 5) is 38.0. The third-order valence-corrected chi connectivity index (χ3v) is 6.76. The lowest BCUT2D eigenvalue weighted by Gasteiger charge is -2.21. The van der Waals surface area contributed by atoms with Crippen LogP contribution in [0.5, 0.6) is 0 Å². The number of carboxylic acids is 1. The largest absolute Gasteiger partial charge is 0.478 e. The molecule has 9 heteroatoms. The van der Waals surface area contributed by atoms with E-state index in [4.69, 9.17) is 4.74 Å². The molecule has 1 unspecified atom stereocenters. The molecule has 170 valence electrons. The van der Waals surface area contributed by atoms with Crippen LogP contribution < -0.4 is 10.2 Å². The molecule has 1 aliphatic rings. The molecule has 0 aliphatic heterocycles. The van der Waals surface area contributed by atoms with Crippen molar-refractivity contribution in [2.24, 2.45) is 0 Å². The van der Waals surface area contributed by atoms with Crippen molar-refractivity contribution in [3.05, 3.63) is 70.9 Å². The molecule has 1 aliphatic carbocycles. The number of rotatable bonds is 6. The SMILES string of the molecule is Cc1nsc(N(C)C(=O)C(C)NC(=O)OCC2c3ccccc3-c3ccccc32)c1C(=O)O. The number of amides is 2. The highest BCUT2D eigenvalue weighted by Crippen LogP contribution is 2.44. The zero-order chi connectivity index (χ0) is 23.7. The van der Waals surface area contributed by atoms with Gasteiger partial charge in [-0.25, -0.2) is 9.59 Å². The first kappa shape index (κ1) is 22.5. The standard InChI is InChI=1S/C24H23N3O5S/c1-13-20(23(29)30)22(33-26-13)27(3)21(28)14(2)25-24(31)32-12-19-17-10-6-4-8-15(17)16-9-5-7-11-18(16)19/h4-11,14,19H,12H2,1-3H3,(H,25,31)(H,29,30). The average molecular weight is 466 g/mol. The number of carboxylic acid groups (broad SMARTS) is 1. The summed E-state index contributed by atoms with van der Waals surface area (Å²) in [5.74, 6) is -1.72. The fraction of sp³-hybridized carbons (Fsp3) is 0.250. The van der Waals surface area contributed by atoms with Gasteiger partial charge in [-0.3, -0.25) is 4.79 Å². The summed E-state index contributed by atoms with van der Waals surface area (Å²) in [5, 5.41) is 12.2. The molecule has 2 aromatic carbocycles. The molecule has 33 heavy (non-hydrogen) atoms. The van der Waals surface area contributed by atoms with Crippen LogP contribution in [0.4, 0.5) is 9.80 Å². The number of likely N-dealkylation sites (N-methyl/N-ethyl adjacent to an activating group) is 1.